The van der Waals surface area contributed by atoms with Gasteiger partial charge >= 0.3 is 0 Å². The predicted octanol–water partition coefficient (Wildman–Crippen LogP) is -0.429. The highest BCUT2D eigenvalue weighted by Gasteiger charge is 2.33. The molecule has 3 nitrogen and oxygen atoms in total. The molecule has 1 aromatic carbocycles. The molecule has 0 unspecified atom stereocenters. The number of benzene rings is 1. The van der Waals surface area contributed by atoms with Crippen LogP contribution in [0.15, 0.2) is 29.1 Å². The molecule has 0 radical (unpaired) electrons. The van der Waals surface area contributed by atoms with E-state index in [0.717, 1.165) is 34.0 Å². The lowest BCUT2D eigenvalue weighted by molar-refractivity contribution is -0.00000391. The minimum absolute atomic E-state index is 0. The Bertz CT molecular complexity index is 657. The molecule has 2 heterocycles. The molecule has 0 bridgehead atoms. The Labute approximate surface area is 130 Å². The zero-order valence-electron chi connectivity index (χ0n) is 11.4. The number of hydrogen-bond donors (Lipinski definition) is 1. The van der Waals surface area contributed by atoms with Crippen LogP contribution in [0, 0.1) is 6.92 Å². The summed E-state index contributed by atoms with van der Waals surface area (Å²) in [4.78, 5) is 15.0. The van der Waals surface area contributed by atoms with Crippen LogP contribution in [0.2, 0.25) is 0 Å². The van der Waals surface area contributed by atoms with E-state index in [0.29, 0.717) is 0 Å². The summed E-state index contributed by atoms with van der Waals surface area (Å²) in [5.41, 5.74) is 2.34. The number of likely N-dealkylation sites (tertiary alicyclic amines) is 1. The van der Waals surface area contributed by atoms with Crippen molar-refractivity contribution in [1.82, 2.24) is 9.47 Å². The third kappa shape index (κ3) is 2.31. The number of nitrogens with one attached hydrogen (secondary N) is 1. The van der Waals surface area contributed by atoms with Crippen LogP contribution in [0.25, 0.3) is 10.8 Å². The van der Waals surface area contributed by atoms with Crippen LogP contribution in [0.4, 0.5) is 5.69 Å². The Hall–Kier alpha value is -0.880. The molecule has 0 atom stereocenters. The molecule has 3 rings (SSSR count). The number of aryl methyl sites for hydroxylation is 1. The lowest BCUT2D eigenvalue weighted by atomic mass is 10.1. The zero-order chi connectivity index (χ0) is 12.8. The van der Waals surface area contributed by atoms with Crippen molar-refractivity contribution in [3.05, 3.63) is 40.3 Å². The van der Waals surface area contributed by atoms with Crippen LogP contribution in [-0.2, 0) is 0 Å². The second-order valence-electron chi connectivity index (χ2n) is 5.52. The summed E-state index contributed by atoms with van der Waals surface area (Å²) in [5, 5.41) is 1.92. The van der Waals surface area contributed by atoms with Gasteiger partial charge in [-0.25, -0.2) is 0 Å². The molecule has 1 N–H and O–H groups in total. The number of hydrogen-bond acceptors (Lipinski definition) is 1. The third-order valence-corrected chi connectivity index (χ3v) is 4.18. The molecule has 1 saturated heterocycles. The summed E-state index contributed by atoms with van der Waals surface area (Å²) in [6, 6.07) is 7.95. The Morgan fingerprint density at radius 2 is 1.68 bits per heavy atom. The van der Waals surface area contributed by atoms with Gasteiger partial charge in [0, 0.05) is 12.8 Å². The largest absolute Gasteiger partial charge is 1.00 e. The number of rotatable bonds is 1. The van der Waals surface area contributed by atoms with Gasteiger partial charge in [0.25, 0.3) is 5.56 Å². The van der Waals surface area contributed by atoms with Gasteiger partial charge in [0.2, 0.25) is 0 Å². The maximum atomic E-state index is 12.0. The van der Waals surface area contributed by atoms with Crippen molar-refractivity contribution in [3.63, 3.8) is 0 Å². The van der Waals surface area contributed by atoms with E-state index in [2.05, 4.69) is 18.1 Å². The minimum atomic E-state index is 0. The number of quaternary nitrogens is 1. The first kappa shape index (κ1) is 14.5. The standard InChI is InChI=1S/C15H18N2O.HI/c1-11-14(17(2)9-5-6-10-17)12-7-3-4-8-13(12)15(18)16-11;/h3-4,7-8H,5-6,9-10H2,1-2H3;1H. The lowest BCUT2D eigenvalue weighted by Crippen LogP contribution is -3.00. The average Bonchev–Trinajstić information content (AvgIpc) is 2.77. The van der Waals surface area contributed by atoms with E-state index < -0.39 is 0 Å². The van der Waals surface area contributed by atoms with Crippen molar-refractivity contribution in [2.75, 3.05) is 20.1 Å². The molecular weight excluding hydrogens is 351 g/mol. The van der Waals surface area contributed by atoms with Gasteiger partial charge in [-0.1, -0.05) is 12.1 Å². The summed E-state index contributed by atoms with van der Waals surface area (Å²) in [6.07, 6.45) is 2.53. The van der Waals surface area contributed by atoms with Crippen LogP contribution in [0.5, 0.6) is 0 Å². The highest BCUT2D eigenvalue weighted by molar-refractivity contribution is 5.93. The number of H-pyrrole nitrogens is 1. The minimum Gasteiger partial charge on any atom is -1.00 e. The maximum Gasteiger partial charge on any atom is 0.256 e. The Kier molecular flexibility index (Phi) is 4.01. The molecule has 1 aliphatic heterocycles. The lowest BCUT2D eigenvalue weighted by Gasteiger charge is -2.30. The molecule has 4 heteroatoms. The van der Waals surface area contributed by atoms with Crippen molar-refractivity contribution in [3.8, 4) is 0 Å². The van der Waals surface area contributed by atoms with E-state index in [1.54, 1.807) is 0 Å². The molecule has 0 spiro atoms. The Balaban J connectivity index is 0.00000133. The summed E-state index contributed by atoms with van der Waals surface area (Å²) >= 11 is 0. The van der Waals surface area contributed by atoms with Crippen molar-refractivity contribution in [2.45, 2.75) is 19.8 Å². The normalized spacial score (nSPS) is 17.4. The van der Waals surface area contributed by atoms with Crippen LogP contribution >= 0.6 is 0 Å². The quantitative estimate of drug-likeness (QED) is 0.537. The van der Waals surface area contributed by atoms with E-state index in [-0.39, 0.29) is 29.5 Å². The number of nitrogens with zero attached hydrogens (tertiary/aromatic N) is 1. The van der Waals surface area contributed by atoms with Crippen molar-refractivity contribution < 1.29 is 24.0 Å². The second kappa shape index (κ2) is 5.25. The van der Waals surface area contributed by atoms with Gasteiger partial charge in [0.05, 0.1) is 36.6 Å². The van der Waals surface area contributed by atoms with Gasteiger partial charge in [0.15, 0.2) is 5.69 Å². The van der Waals surface area contributed by atoms with Crippen molar-refractivity contribution in [2.24, 2.45) is 0 Å². The number of halogens is 1. The van der Waals surface area contributed by atoms with E-state index in [4.69, 9.17) is 0 Å². The highest BCUT2D eigenvalue weighted by atomic mass is 127. The monoisotopic (exact) mass is 370 g/mol. The van der Waals surface area contributed by atoms with Gasteiger partial charge in [0.1, 0.15) is 0 Å². The van der Waals surface area contributed by atoms with Gasteiger partial charge in [-0.3, -0.25) is 9.28 Å². The van der Waals surface area contributed by atoms with Gasteiger partial charge in [-0.2, -0.15) is 0 Å². The zero-order valence-corrected chi connectivity index (χ0v) is 13.5. The van der Waals surface area contributed by atoms with Crippen molar-refractivity contribution in [1.29, 1.82) is 0 Å². The smallest absolute Gasteiger partial charge is 0.256 e. The molecule has 1 aliphatic rings. The van der Waals surface area contributed by atoms with E-state index in [1.165, 1.54) is 18.5 Å². The third-order valence-electron chi connectivity index (χ3n) is 4.18. The van der Waals surface area contributed by atoms with Crippen LogP contribution < -0.4 is 34.0 Å². The van der Waals surface area contributed by atoms with Crippen LogP contribution in [-0.4, -0.2) is 25.1 Å². The topological polar surface area (TPSA) is 32.9 Å². The van der Waals surface area contributed by atoms with E-state index >= 15 is 0 Å². The fourth-order valence-corrected chi connectivity index (χ4v) is 3.34. The fraction of sp³-hybridized carbons (Fsp3) is 0.400. The molecule has 1 fully saturated rings. The van der Waals surface area contributed by atoms with Gasteiger partial charge < -0.3 is 29.0 Å². The van der Waals surface area contributed by atoms with Gasteiger partial charge in [-0.05, 0) is 19.1 Å². The molecule has 2 aromatic rings. The Morgan fingerprint density at radius 1 is 1.11 bits per heavy atom. The number of aromatic amines is 1. The summed E-state index contributed by atoms with van der Waals surface area (Å²) in [6.45, 7) is 4.35. The molecular formula is C15H19IN2O. The number of fused-ring (bicyclic) bond motifs is 1. The first-order valence-electron chi connectivity index (χ1n) is 6.58. The van der Waals surface area contributed by atoms with Crippen LogP contribution in [0.1, 0.15) is 18.5 Å². The van der Waals surface area contributed by atoms with E-state index in [1.807, 2.05) is 25.1 Å². The fourth-order valence-electron chi connectivity index (χ4n) is 3.34. The Morgan fingerprint density at radius 3 is 2.32 bits per heavy atom. The van der Waals surface area contributed by atoms with Crippen LogP contribution in [0.3, 0.4) is 0 Å². The molecule has 1 aromatic heterocycles. The molecule has 19 heavy (non-hydrogen) atoms. The van der Waals surface area contributed by atoms with Crippen molar-refractivity contribution >= 4 is 16.5 Å². The summed E-state index contributed by atoms with van der Waals surface area (Å²) in [5.74, 6) is 0. The summed E-state index contributed by atoms with van der Waals surface area (Å²) < 4.78 is 0.948. The number of pyridine rings is 1. The van der Waals surface area contributed by atoms with Gasteiger partial charge in [-0.15, -0.1) is 0 Å². The maximum absolute atomic E-state index is 12.0. The first-order valence-corrected chi connectivity index (χ1v) is 6.58. The second-order valence-corrected chi connectivity index (χ2v) is 5.52. The average molecular weight is 370 g/mol. The first-order chi connectivity index (χ1) is 8.62. The molecule has 102 valence electrons. The summed E-state index contributed by atoms with van der Waals surface area (Å²) in [7, 11) is 2.28. The molecule has 0 saturated carbocycles. The number of aromatic nitrogens is 1. The molecule has 0 amide bonds. The van der Waals surface area contributed by atoms with E-state index in [9.17, 15) is 4.79 Å². The SMILES string of the molecule is Cc1[nH]c(=O)c2ccccc2c1[N+]1(C)CCCC1.[I-]. The molecule has 0 aliphatic carbocycles. The predicted molar refractivity (Wildman–Crippen MR) is 76.0 cm³/mol. The highest BCUT2D eigenvalue weighted by Crippen LogP contribution is 2.34.